The third-order valence-corrected chi connectivity index (χ3v) is 6.06. The van der Waals surface area contributed by atoms with Crippen LogP contribution in [0.15, 0.2) is 54.7 Å². The van der Waals surface area contributed by atoms with E-state index in [4.69, 9.17) is 4.74 Å². The quantitative estimate of drug-likeness (QED) is 0.461. The molecular formula is C25H27FN6O. The lowest BCUT2D eigenvalue weighted by atomic mass is 10.1. The number of likely N-dealkylation sites (N-methyl/N-ethyl adjacent to an activating group) is 1. The molecular weight excluding hydrogens is 419 g/mol. The molecule has 1 aliphatic rings. The second kappa shape index (κ2) is 9.17. The number of aromatic amines is 1. The van der Waals surface area contributed by atoms with Gasteiger partial charge in [0.25, 0.3) is 0 Å². The van der Waals surface area contributed by atoms with Crippen molar-refractivity contribution in [1.82, 2.24) is 24.8 Å². The number of nitrogens with one attached hydrogen (secondary N) is 2. The predicted octanol–water partition coefficient (Wildman–Crippen LogP) is 4.26. The summed E-state index contributed by atoms with van der Waals surface area (Å²) >= 11 is 0. The van der Waals surface area contributed by atoms with E-state index in [1.54, 1.807) is 19.2 Å². The van der Waals surface area contributed by atoms with Crippen molar-refractivity contribution in [2.45, 2.75) is 6.54 Å². The van der Waals surface area contributed by atoms with E-state index in [2.05, 4.69) is 49.2 Å². The topological polar surface area (TPSA) is 69.3 Å². The molecule has 0 amide bonds. The number of halogens is 1. The number of aromatic nitrogens is 3. The van der Waals surface area contributed by atoms with Crippen LogP contribution in [0.4, 0.5) is 16.0 Å². The summed E-state index contributed by atoms with van der Waals surface area (Å²) < 4.78 is 18.9. The van der Waals surface area contributed by atoms with Crippen LogP contribution < -0.4 is 10.1 Å². The maximum absolute atomic E-state index is 13.3. The first-order chi connectivity index (χ1) is 16.1. The summed E-state index contributed by atoms with van der Waals surface area (Å²) in [5.74, 6) is 0.622. The van der Waals surface area contributed by atoms with Gasteiger partial charge in [-0.1, -0.05) is 24.3 Å². The van der Waals surface area contributed by atoms with E-state index < -0.39 is 0 Å². The van der Waals surface area contributed by atoms with Gasteiger partial charge in [0.1, 0.15) is 11.5 Å². The number of ether oxygens (including phenoxy) is 1. The highest BCUT2D eigenvalue weighted by atomic mass is 19.1. The number of benzene rings is 2. The molecule has 3 heterocycles. The standard InChI is InChI=1S/C25H27FN6O/c1-31-11-13-32(14-12-31)16-17-3-9-20(10-4-17)28-25-29-23-22(24(30-25)33-2)21(15-27-23)18-5-7-19(26)8-6-18/h3-10,15H,11-14,16H2,1-2H3,(H2,27,28,29,30). The van der Waals surface area contributed by atoms with E-state index in [0.717, 1.165) is 54.9 Å². The molecule has 170 valence electrons. The Kier molecular flexibility index (Phi) is 5.93. The van der Waals surface area contributed by atoms with E-state index in [1.807, 2.05) is 18.3 Å². The van der Waals surface area contributed by atoms with Crippen molar-refractivity contribution in [3.63, 3.8) is 0 Å². The second-order valence-corrected chi connectivity index (χ2v) is 8.39. The van der Waals surface area contributed by atoms with Crippen molar-refractivity contribution in [2.24, 2.45) is 0 Å². The number of piperazine rings is 1. The first-order valence-electron chi connectivity index (χ1n) is 11.0. The zero-order chi connectivity index (χ0) is 22.8. The van der Waals surface area contributed by atoms with Gasteiger partial charge in [0.15, 0.2) is 0 Å². The van der Waals surface area contributed by atoms with Crippen LogP contribution in [0.2, 0.25) is 0 Å². The van der Waals surface area contributed by atoms with Crippen LogP contribution in [0.1, 0.15) is 5.56 Å². The average Bonchev–Trinajstić information content (AvgIpc) is 3.26. The Labute approximate surface area is 192 Å². The summed E-state index contributed by atoms with van der Waals surface area (Å²) in [6.07, 6.45) is 1.84. The van der Waals surface area contributed by atoms with Crippen molar-refractivity contribution in [3.05, 3.63) is 66.1 Å². The highest BCUT2D eigenvalue weighted by Crippen LogP contribution is 2.34. The maximum atomic E-state index is 13.3. The fourth-order valence-corrected chi connectivity index (χ4v) is 4.15. The Hall–Kier alpha value is -3.49. The summed E-state index contributed by atoms with van der Waals surface area (Å²) in [6.45, 7) is 5.38. The van der Waals surface area contributed by atoms with Gasteiger partial charge in [-0.25, -0.2) is 4.39 Å². The van der Waals surface area contributed by atoms with Gasteiger partial charge in [-0.05, 0) is 42.4 Å². The third-order valence-electron chi connectivity index (χ3n) is 6.06. The Morgan fingerprint density at radius 3 is 2.42 bits per heavy atom. The van der Waals surface area contributed by atoms with Crippen LogP contribution in [-0.2, 0) is 6.54 Å². The number of rotatable bonds is 6. The minimum Gasteiger partial charge on any atom is -0.480 e. The first-order valence-corrected chi connectivity index (χ1v) is 11.0. The molecule has 2 aromatic heterocycles. The van der Waals surface area contributed by atoms with Crippen molar-refractivity contribution in [1.29, 1.82) is 0 Å². The summed E-state index contributed by atoms with van der Waals surface area (Å²) in [7, 11) is 3.75. The summed E-state index contributed by atoms with van der Waals surface area (Å²) in [4.78, 5) is 17.2. The van der Waals surface area contributed by atoms with Crippen LogP contribution in [0.25, 0.3) is 22.2 Å². The lowest BCUT2D eigenvalue weighted by molar-refractivity contribution is 0.148. The summed E-state index contributed by atoms with van der Waals surface area (Å²) in [5.41, 5.74) is 4.56. The van der Waals surface area contributed by atoms with Crippen molar-refractivity contribution in [3.8, 4) is 17.0 Å². The largest absolute Gasteiger partial charge is 0.480 e. The Morgan fingerprint density at radius 1 is 1.00 bits per heavy atom. The van der Waals surface area contributed by atoms with Gasteiger partial charge in [0.2, 0.25) is 11.8 Å². The second-order valence-electron chi connectivity index (χ2n) is 8.39. The molecule has 0 bridgehead atoms. The smallest absolute Gasteiger partial charge is 0.232 e. The summed E-state index contributed by atoms with van der Waals surface area (Å²) in [6, 6.07) is 14.7. The molecule has 1 saturated heterocycles. The normalized spacial score (nSPS) is 15.1. The van der Waals surface area contributed by atoms with Gasteiger partial charge >= 0.3 is 0 Å². The highest BCUT2D eigenvalue weighted by molar-refractivity contribution is 5.97. The molecule has 8 heteroatoms. The molecule has 0 spiro atoms. The van der Waals surface area contributed by atoms with Gasteiger partial charge in [0, 0.05) is 50.2 Å². The lowest BCUT2D eigenvalue weighted by Crippen LogP contribution is -2.43. The van der Waals surface area contributed by atoms with E-state index in [1.165, 1.54) is 17.7 Å². The number of hydrogen-bond donors (Lipinski definition) is 2. The molecule has 7 nitrogen and oxygen atoms in total. The molecule has 2 aromatic carbocycles. The number of fused-ring (bicyclic) bond motifs is 1. The van der Waals surface area contributed by atoms with Gasteiger partial charge in [-0.3, -0.25) is 4.90 Å². The zero-order valence-electron chi connectivity index (χ0n) is 18.8. The van der Waals surface area contributed by atoms with E-state index >= 15 is 0 Å². The predicted molar refractivity (Wildman–Crippen MR) is 128 cm³/mol. The average molecular weight is 447 g/mol. The van der Waals surface area contributed by atoms with Crippen LogP contribution in [-0.4, -0.2) is 65.1 Å². The number of hydrogen-bond acceptors (Lipinski definition) is 6. The van der Waals surface area contributed by atoms with Gasteiger partial charge in [-0.15, -0.1) is 0 Å². The first kappa shape index (κ1) is 21.4. The molecule has 4 aromatic rings. The molecule has 0 aliphatic carbocycles. The highest BCUT2D eigenvalue weighted by Gasteiger charge is 2.17. The molecule has 1 aliphatic heterocycles. The monoisotopic (exact) mass is 446 g/mol. The SMILES string of the molecule is COc1nc(Nc2ccc(CN3CCN(C)CC3)cc2)nc2[nH]cc(-c3ccc(F)cc3)c12. The lowest BCUT2D eigenvalue weighted by Gasteiger charge is -2.32. The molecule has 0 radical (unpaired) electrons. The fraction of sp³-hybridized carbons (Fsp3) is 0.280. The van der Waals surface area contributed by atoms with Crippen molar-refractivity contribution >= 4 is 22.7 Å². The molecule has 33 heavy (non-hydrogen) atoms. The minimum atomic E-state index is -0.275. The Morgan fingerprint density at radius 2 is 1.73 bits per heavy atom. The summed E-state index contributed by atoms with van der Waals surface area (Å²) in [5, 5.41) is 4.03. The maximum Gasteiger partial charge on any atom is 0.232 e. The van der Waals surface area contributed by atoms with Gasteiger partial charge in [0.05, 0.1) is 12.5 Å². The Bertz CT molecular complexity index is 1230. The third kappa shape index (κ3) is 4.67. The number of methoxy groups -OCH3 is 1. The van der Waals surface area contributed by atoms with E-state index in [0.29, 0.717) is 17.5 Å². The van der Waals surface area contributed by atoms with Gasteiger partial charge in [-0.2, -0.15) is 9.97 Å². The molecule has 0 atom stereocenters. The van der Waals surface area contributed by atoms with Crippen molar-refractivity contribution in [2.75, 3.05) is 45.7 Å². The van der Waals surface area contributed by atoms with Crippen LogP contribution in [0.3, 0.4) is 0 Å². The van der Waals surface area contributed by atoms with Crippen LogP contribution >= 0.6 is 0 Å². The molecule has 1 fully saturated rings. The molecule has 0 unspecified atom stereocenters. The van der Waals surface area contributed by atoms with Crippen LogP contribution in [0.5, 0.6) is 5.88 Å². The zero-order valence-corrected chi connectivity index (χ0v) is 18.8. The molecule has 5 rings (SSSR count). The fourth-order valence-electron chi connectivity index (χ4n) is 4.15. The minimum absolute atomic E-state index is 0.275. The van der Waals surface area contributed by atoms with Gasteiger partial charge < -0.3 is 19.9 Å². The van der Waals surface area contributed by atoms with E-state index in [9.17, 15) is 4.39 Å². The van der Waals surface area contributed by atoms with Crippen LogP contribution in [0, 0.1) is 5.82 Å². The number of H-pyrrole nitrogens is 1. The Balaban J connectivity index is 1.34. The number of nitrogens with zero attached hydrogens (tertiary/aromatic N) is 4. The molecule has 0 saturated carbocycles. The van der Waals surface area contributed by atoms with E-state index in [-0.39, 0.29) is 5.82 Å². The molecule has 2 N–H and O–H groups in total. The number of anilines is 2. The van der Waals surface area contributed by atoms with Crippen molar-refractivity contribution < 1.29 is 9.13 Å².